The average molecular weight is 218 g/mol. The molecule has 16 heavy (non-hydrogen) atoms. The molecule has 0 aliphatic heterocycles. The summed E-state index contributed by atoms with van der Waals surface area (Å²) in [5.41, 5.74) is 7.56. The zero-order valence-corrected chi connectivity index (χ0v) is 10.1. The van der Waals surface area contributed by atoms with Gasteiger partial charge in [0.15, 0.2) is 0 Å². The Labute approximate surface area is 98.2 Å². The molecule has 88 valence electrons. The summed E-state index contributed by atoms with van der Waals surface area (Å²) in [6.45, 7) is 0.755. The molecule has 1 aliphatic rings. The highest BCUT2D eigenvalue weighted by atomic mass is 15.0. The molecule has 0 saturated heterocycles. The zero-order valence-electron chi connectivity index (χ0n) is 10.1. The Balaban J connectivity index is 2.00. The first-order valence-corrected chi connectivity index (χ1v) is 6.23. The van der Waals surface area contributed by atoms with Crippen LogP contribution in [0, 0.1) is 0 Å². The number of hydrogen-bond acceptors (Lipinski definition) is 2. The second kappa shape index (κ2) is 4.98. The fraction of sp³-hybridized carbons (Fsp3) is 0.571. The van der Waals surface area contributed by atoms with Crippen LogP contribution in [0.5, 0.6) is 0 Å². The molecule has 0 aromatic heterocycles. The van der Waals surface area contributed by atoms with Crippen LogP contribution in [0.1, 0.15) is 37.2 Å². The van der Waals surface area contributed by atoms with E-state index in [2.05, 4.69) is 35.6 Å². The molecule has 1 aromatic carbocycles. The summed E-state index contributed by atoms with van der Waals surface area (Å²) in [4.78, 5) is 0. The van der Waals surface area contributed by atoms with E-state index < -0.39 is 0 Å². The van der Waals surface area contributed by atoms with Crippen LogP contribution in [0.3, 0.4) is 0 Å². The summed E-state index contributed by atoms with van der Waals surface area (Å²) in [6.07, 6.45) is 4.89. The van der Waals surface area contributed by atoms with Gasteiger partial charge in [-0.3, -0.25) is 0 Å². The van der Waals surface area contributed by atoms with Gasteiger partial charge in [0.1, 0.15) is 0 Å². The van der Waals surface area contributed by atoms with Crippen LogP contribution in [0.15, 0.2) is 30.3 Å². The van der Waals surface area contributed by atoms with E-state index in [1.54, 1.807) is 0 Å². The van der Waals surface area contributed by atoms with Crippen molar-refractivity contribution in [2.75, 3.05) is 13.6 Å². The lowest BCUT2D eigenvalue weighted by Crippen LogP contribution is -2.51. The summed E-state index contributed by atoms with van der Waals surface area (Å²) >= 11 is 0. The highest BCUT2D eigenvalue weighted by Crippen LogP contribution is 2.37. The largest absolute Gasteiger partial charge is 0.329 e. The zero-order chi connectivity index (χ0) is 11.4. The lowest BCUT2D eigenvalue weighted by atomic mass is 9.74. The first-order chi connectivity index (χ1) is 7.79. The molecule has 0 heterocycles. The van der Waals surface area contributed by atoms with Crippen LogP contribution < -0.4 is 11.1 Å². The standard InChI is InChI=1S/C14H22N2/c1-16-14(11-15)9-7-13(8-10-14)12-5-3-2-4-6-12/h2-6,13,16H,7-11,15H2,1H3. The normalized spacial score (nSPS) is 30.2. The molecule has 0 radical (unpaired) electrons. The first kappa shape index (κ1) is 11.6. The summed E-state index contributed by atoms with van der Waals surface area (Å²) in [6, 6.07) is 10.9. The van der Waals surface area contributed by atoms with E-state index in [1.807, 2.05) is 7.05 Å². The third-order valence-electron chi connectivity index (χ3n) is 4.13. The quantitative estimate of drug-likeness (QED) is 0.816. The Hall–Kier alpha value is -0.860. The van der Waals surface area contributed by atoms with Gasteiger partial charge in [0.25, 0.3) is 0 Å². The molecule has 3 N–H and O–H groups in total. The number of hydrogen-bond donors (Lipinski definition) is 2. The maximum atomic E-state index is 5.87. The molecule has 2 rings (SSSR count). The molecular weight excluding hydrogens is 196 g/mol. The molecule has 1 aliphatic carbocycles. The third-order valence-corrected chi connectivity index (χ3v) is 4.13. The van der Waals surface area contributed by atoms with Crippen LogP contribution in [0.25, 0.3) is 0 Å². The topological polar surface area (TPSA) is 38.0 Å². The highest BCUT2D eigenvalue weighted by molar-refractivity contribution is 5.20. The molecule has 2 heteroatoms. The lowest BCUT2D eigenvalue weighted by Gasteiger charge is -2.39. The van der Waals surface area contributed by atoms with Gasteiger partial charge >= 0.3 is 0 Å². The molecule has 1 saturated carbocycles. The van der Waals surface area contributed by atoms with Crippen LogP contribution in [0.2, 0.25) is 0 Å². The minimum atomic E-state index is 0.200. The number of nitrogens with two attached hydrogens (primary N) is 1. The van der Waals surface area contributed by atoms with Crippen LogP contribution in [-0.2, 0) is 0 Å². The van der Waals surface area contributed by atoms with Crippen molar-refractivity contribution < 1.29 is 0 Å². The van der Waals surface area contributed by atoms with Crippen molar-refractivity contribution >= 4 is 0 Å². The predicted molar refractivity (Wildman–Crippen MR) is 68.5 cm³/mol. The van der Waals surface area contributed by atoms with E-state index in [0.29, 0.717) is 0 Å². The van der Waals surface area contributed by atoms with Gasteiger partial charge in [0, 0.05) is 12.1 Å². The third kappa shape index (κ3) is 2.28. The van der Waals surface area contributed by atoms with E-state index >= 15 is 0 Å². The van der Waals surface area contributed by atoms with Gasteiger partial charge in [-0.15, -0.1) is 0 Å². The van der Waals surface area contributed by atoms with Crippen LogP contribution in [0.4, 0.5) is 0 Å². The number of rotatable bonds is 3. The van der Waals surface area contributed by atoms with Gasteiger partial charge < -0.3 is 11.1 Å². The lowest BCUT2D eigenvalue weighted by molar-refractivity contribution is 0.236. The Morgan fingerprint density at radius 1 is 1.25 bits per heavy atom. The first-order valence-electron chi connectivity index (χ1n) is 6.23. The summed E-state index contributed by atoms with van der Waals surface area (Å²) in [5.74, 6) is 0.731. The molecule has 2 nitrogen and oxygen atoms in total. The van der Waals surface area contributed by atoms with E-state index in [0.717, 1.165) is 12.5 Å². The van der Waals surface area contributed by atoms with Gasteiger partial charge in [-0.1, -0.05) is 30.3 Å². The van der Waals surface area contributed by atoms with Crippen molar-refractivity contribution in [3.8, 4) is 0 Å². The Bertz CT molecular complexity index is 307. The van der Waals surface area contributed by atoms with Gasteiger partial charge in [0.2, 0.25) is 0 Å². The molecule has 1 aromatic rings. The second-order valence-electron chi connectivity index (χ2n) is 4.92. The number of nitrogens with one attached hydrogen (secondary N) is 1. The summed E-state index contributed by atoms with van der Waals surface area (Å²) < 4.78 is 0. The van der Waals surface area contributed by atoms with Crippen LogP contribution >= 0.6 is 0 Å². The van der Waals surface area contributed by atoms with Crippen molar-refractivity contribution in [1.29, 1.82) is 0 Å². The molecular formula is C14H22N2. The average Bonchev–Trinajstić information content (AvgIpc) is 2.40. The molecule has 1 fully saturated rings. The SMILES string of the molecule is CNC1(CN)CCC(c2ccccc2)CC1. The smallest absolute Gasteiger partial charge is 0.0301 e. The van der Waals surface area contributed by atoms with Crippen molar-refractivity contribution in [3.05, 3.63) is 35.9 Å². The van der Waals surface area contributed by atoms with Crippen molar-refractivity contribution in [1.82, 2.24) is 5.32 Å². The molecule has 0 bridgehead atoms. The maximum Gasteiger partial charge on any atom is 0.0301 e. The summed E-state index contributed by atoms with van der Waals surface area (Å²) in [5, 5.41) is 3.41. The fourth-order valence-electron chi connectivity index (χ4n) is 2.79. The van der Waals surface area contributed by atoms with Gasteiger partial charge in [-0.25, -0.2) is 0 Å². The molecule has 0 unspecified atom stereocenters. The number of benzene rings is 1. The number of likely N-dealkylation sites (N-methyl/N-ethyl adjacent to an activating group) is 1. The van der Waals surface area contributed by atoms with E-state index in [9.17, 15) is 0 Å². The van der Waals surface area contributed by atoms with Crippen molar-refractivity contribution in [3.63, 3.8) is 0 Å². The van der Waals surface area contributed by atoms with Gasteiger partial charge in [-0.05, 0) is 44.2 Å². The second-order valence-corrected chi connectivity index (χ2v) is 4.92. The monoisotopic (exact) mass is 218 g/mol. The minimum Gasteiger partial charge on any atom is -0.329 e. The Morgan fingerprint density at radius 2 is 1.88 bits per heavy atom. The van der Waals surface area contributed by atoms with E-state index in [4.69, 9.17) is 5.73 Å². The minimum absolute atomic E-state index is 0.200. The molecule has 0 spiro atoms. The van der Waals surface area contributed by atoms with Crippen molar-refractivity contribution in [2.45, 2.75) is 37.1 Å². The summed E-state index contributed by atoms with van der Waals surface area (Å²) in [7, 11) is 2.04. The van der Waals surface area contributed by atoms with Crippen molar-refractivity contribution in [2.24, 2.45) is 5.73 Å². The Morgan fingerprint density at radius 3 is 2.38 bits per heavy atom. The van der Waals surface area contributed by atoms with Gasteiger partial charge in [0.05, 0.1) is 0 Å². The Kier molecular flexibility index (Phi) is 3.62. The maximum absolute atomic E-state index is 5.87. The molecule has 0 atom stereocenters. The van der Waals surface area contributed by atoms with Crippen LogP contribution in [-0.4, -0.2) is 19.1 Å². The van der Waals surface area contributed by atoms with E-state index in [-0.39, 0.29) is 5.54 Å². The highest BCUT2D eigenvalue weighted by Gasteiger charge is 2.32. The van der Waals surface area contributed by atoms with E-state index in [1.165, 1.54) is 31.2 Å². The van der Waals surface area contributed by atoms with Gasteiger partial charge in [-0.2, -0.15) is 0 Å². The molecule has 0 amide bonds. The predicted octanol–water partition coefficient (Wildman–Crippen LogP) is 2.26. The fourth-order valence-corrected chi connectivity index (χ4v) is 2.79.